The normalized spacial score (nSPS) is 16.9. The summed E-state index contributed by atoms with van der Waals surface area (Å²) in [7, 11) is -4.26. The van der Waals surface area contributed by atoms with E-state index in [1.54, 1.807) is 19.1 Å². The fraction of sp³-hybridized carbons (Fsp3) is 0.211. The molecule has 0 bridgehead atoms. The third-order valence-electron chi connectivity index (χ3n) is 4.62. The fourth-order valence-electron chi connectivity index (χ4n) is 2.96. The quantitative estimate of drug-likeness (QED) is 0.229. The first-order chi connectivity index (χ1) is 14.6. The highest BCUT2D eigenvalue weighted by Crippen LogP contribution is 2.28. The second kappa shape index (κ2) is 8.52. The molecule has 0 aliphatic carbocycles. The van der Waals surface area contributed by atoms with Crippen molar-refractivity contribution in [2.24, 2.45) is 10.9 Å². The van der Waals surface area contributed by atoms with E-state index in [1.807, 2.05) is 0 Å². The smallest absolute Gasteiger partial charge is 0.358 e. The minimum atomic E-state index is -4.26. The van der Waals surface area contributed by atoms with E-state index in [4.69, 9.17) is 10.6 Å². The number of carbonyl (C=O) groups is 2. The van der Waals surface area contributed by atoms with Crippen LogP contribution in [0.2, 0.25) is 0 Å². The van der Waals surface area contributed by atoms with E-state index in [0.29, 0.717) is 4.31 Å². The van der Waals surface area contributed by atoms with Crippen LogP contribution in [0.4, 0.5) is 5.69 Å². The Hall–Kier alpha value is -3.80. The summed E-state index contributed by atoms with van der Waals surface area (Å²) in [4.78, 5) is 39.5. The van der Waals surface area contributed by atoms with E-state index in [2.05, 4.69) is 5.16 Å². The summed E-state index contributed by atoms with van der Waals surface area (Å²) in [5.74, 6) is -2.04. The molecule has 0 spiro atoms. The Bertz CT molecular complexity index is 1160. The molecule has 0 radical (unpaired) electrons. The number of carbonyl (C=O) groups excluding carboxylic acids is 2. The van der Waals surface area contributed by atoms with E-state index in [-0.39, 0.29) is 34.8 Å². The predicted octanol–water partition coefficient (Wildman–Crippen LogP) is 1.45. The summed E-state index contributed by atoms with van der Waals surface area (Å²) in [6.45, 7) is 1.78. The molecule has 2 aromatic rings. The summed E-state index contributed by atoms with van der Waals surface area (Å²) in [6.07, 6.45) is -0.206. The lowest BCUT2D eigenvalue weighted by Crippen LogP contribution is -2.43. The lowest BCUT2D eigenvalue weighted by Gasteiger charge is -2.22. The van der Waals surface area contributed by atoms with Gasteiger partial charge in [-0.3, -0.25) is 14.9 Å². The summed E-state index contributed by atoms with van der Waals surface area (Å²) < 4.78 is 26.3. The maximum atomic E-state index is 12.9. The van der Waals surface area contributed by atoms with Crippen molar-refractivity contribution in [3.05, 3.63) is 69.8 Å². The Morgan fingerprint density at radius 2 is 1.81 bits per heavy atom. The molecule has 1 aliphatic heterocycles. The number of nitrogens with zero attached hydrogens (tertiary/aromatic N) is 3. The second-order valence-corrected chi connectivity index (χ2v) is 8.57. The van der Waals surface area contributed by atoms with Crippen molar-refractivity contribution in [3.63, 3.8) is 0 Å². The Morgan fingerprint density at radius 3 is 2.39 bits per heavy atom. The maximum Gasteiger partial charge on any atom is 0.358 e. The molecule has 12 heteroatoms. The van der Waals surface area contributed by atoms with E-state index in [1.165, 1.54) is 36.4 Å². The van der Waals surface area contributed by atoms with Crippen molar-refractivity contribution >= 4 is 33.4 Å². The third kappa shape index (κ3) is 4.53. The van der Waals surface area contributed by atoms with Gasteiger partial charge >= 0.3 is 5.97 Å². The highest BCUT2D eigenvalue weighted by Gasteiger charge is 2.45. The van der Waals surface area contributed by atoms with E-state index in [0.717, 1.165) is 5.56 Å². The van der Waals surface area contributed by atoms with E-state index in [9.17, 15) is 28.1 Å². The maximum absolute atomic E-state index is 12.9. The number of non-ortho nitro benzene ring substituents is 1. The van der Waals surface area contributed by atoms with Crippen molar-refractivity contribution in [2.45, 2.75) is 30.7 Å². The zero-order valence-electron chi connectivity index (χ0n) is 16.3. The van der Waals surface area contributed by atoms with Crippen molar-refractivity contribution < 1.29 is 27.8 Å². The van der Waals surface area contributed by atoms with Crippen LogP contribution in [0, 0.1) is 17.0 Å². The van der Waals surface area contributed by atoms with Crippen LogP contribution in [-0.4, -0.2) is 41.4 Å². The van der Waals surface area contributed by atoms with Gasteiger partial charge < -0.3 is 10.6 Å². The zero-order chi connectivity index (χ0) is 22.8. The van der Waals surface area contributed by atoms with Crippen LogP contribution >= 0.6 is 0 Å². The highest BCUT2D eigenvalue weighted by molar-refractivity contribution is 7.89. The predicted molar refractivity (Wildman–Crippen MR) is 108 cm³/mol. The number of rotatable bonds is 6. The number of nitrogens with two attached hydrogens (primary N) is 1. The molecule has 1 fully saturated rings. The summed E-state index contributed by atoms with van der Waals surface area (Å²) >= 11 is 0. The number of benzene rings is 2. The fourth-order valence-corrected chi connectivity index (χ4v) is 4.56. The lowest BCUT2D eigenvalue weighted by molar-refractivity contribution is -0.384. The highest BCUT2D eigenvalue weighted by atomic mass is 32.2. The van der Waals surface area contributed by atoms with Crippen molar-refractivity contribution in [2.75, 3.05) is 0 Å². The Morgan fingerprint density at radius 1 is 1.19 bits per heavy atom. The molecule has 162 valence electrons. The molecule has 2 aromatic carbocycles. The molecule has 1 aliphatic rings. The first kappa shape index (κ1) is 21.9. The van der Waals surface area contributed by atoms with Gasteiger partial charge in [-0.25, -0.2) is 17.5 Å². The SMILES string of the molecule is Cc1ccc(S(=O)(=O)N2C(=O)CC[C@H]2C(=O)ON=C(N)c2ccc([N+](=O)[O-])cc2)cc1. The number of aryl methyl sites for hydroxylation is 1. The number of hydrogen-bond acceptors (Lipinski definition) is 8. The van der Waals surface area contributed by atoms with Crippen molar-refractivity contribution in [1.29, 1.82) is 0 Å². The number of hydrogen-bond donors (Lipinski definition) is 1. The molecular weight excluding hydrogens is 428 g/mol. The molecule has 11 nitrogen and oxygen atoms in total. The van der Waals surface area contributed by atoms with Gasteiger partial charge in [-0.05, 0) is 37.6 Å². The first-order valence-electron chi connectivity index (χ1n) is 9.04. The Balaban J connectivity index is 1.78. The lowest BCUT2D eigenvalue weighted by atomic mass is 10.2. The van der Waals surface area contributed by atoms with E-state index >= 15 is 0 Å². The molecule has 3 rings (SSSR count). The average Bonchev–Trinajstić information content (AvgIpc) is 3.14. The number of sulfonamides is 1. The van der Waals surface area contributed by atoms with Crippen LogP contribution in [0.1, 0.15) is 24.0 Å². The van der Waals surface area contributed by atoms with Gasteiger partial charge in [-0.1, -0.05) is 22.9 Å². The summed E-state index contributed by atoms with van der Waals surface area (Å²) in [5.41, 5.74) is 6.65. The number of nitro benzene ring substituents is 1. The molecule has 1 amide bonds. The van der Waals surface area contributed by atoms with Crippen molar-refractivity contribution in [1.82, 2.24) is 4.31 Å². The van der Waals surface area contributed by atoms with Gasteiger partial charge in [0.1, 0.15) is 6.04 Å². The average molecular weight is 446 g/mol. The molecule has 0 aromatic heterocycles. The van der Waals surface area contributed by atoms with Crippen LogP contribution in [0.5, 0.6) is 0 Å². The van der Waals surface area contributed by atoms with Crippen molar-refractivity contribution in [3.8, 4) is 0 Å². The molecule has 1 atom stereocenters. The second-order valence-electron chi connectivity index (χ2n) is 6.75. The molecular formula is C19H18N4O7S. The molecule has 2 N–H and O–H groups in total. The third-order valence-corrected chi connectivity index (χ3v) is 6.46. The van der Waals surface area contributed by atoms with Gasteiger partial charge in [0.25, 0.3) is 15.7 Å². The molecule has 31 heavy (non-hydrogen) atoms. The Labute approximate surface area is 177 Å². The zero-order valence-corrected chi connectivity index (χ0v) is 17.1. The molecule has 1 heterocycles. The number of amidine groups is 1. The molecule has 1 saturated heterocycles. The first-order valence-corrected chi connectivity index (χ1v) is 10.5. The van der Waals surface area contributed by atoms with Gasteiger partial charge in [0, 0.05) is 24.1 Å². The number of oxime groups is 1. The van der Waals surface area contributed by atoms with E-state index < -0.39 is 32.9 Å². The van der Waals surface area contributed by atoms with Gasteiger partial charge in [0.15, 0.2) is 5.84 Å². The Kier molecular flexibility index (Phi) is 6.02. The van der Waals surface area contributed by atoms with Gasteiger partial charge in [-0.2, -0.15) is 0 Å². The standard InChI is InChI=1S/C19H18N4O7S/c1-12-2-8-15(9-3-12)31(28,29)22-16(10-11-17(22)24)19(25)30-21-18(20)13-4-6-14(7-5-13)23(26)27/h2-9,16H,10-11H2,1H3,(H2,20,21)/t16-/m0/s1. The topological polar surface area (TPSA) is 162 Å². The number of amides is 1. The van der Waals surface area contributed by atoms with Crippen LogP contribution < -0.4 is 5.73 Å². The minimum absolute atomic E-state index is 0.0598. The van der Waals surface area contributed by atoms with Gasteiger partial charge in [0.2, 0.25) is 5.91 Å². The molecule has 0 saturated carbocycles. The summed E-state index contributed by atoms with van der Waals surface area (Å²) in [6, 6.07) is 9.51. The summed E-state index contributed by atoms with van der Waals surface area (Å²) in [5, 5.41) is 14.2. The minimum Gasteiger partial charge on any atom is -0.380 e. The monoisotopic (exact) mass is 446 g/mol. The van der Waals surface area contributed by atoms with Gasteiger partial charge in [0.05, 0.1) is 9.82 Å². The van der Waals surface area contributed by atoms with Gasteiger partial charge in [-0.15, -0.1) is 0 Å². The number of nitro groups is 1. The van der Waals surface area contributed by atoms with Crippen LogP contribution in [0.3, 0.4) is 0 Å². The van der Waals surface area contributed by atoms with Crippen LogP contribution in [0.15, 0.2) is 58.6 Å². The van der Waals surface area contributed by atoms with Crippen LogP contribution in [0.25, 0.3) is 0 Å². The largest absolute Gasteiger partial charge is 0.380 e. The molecule has 0 unspecified atom stereocenters. The van der Waals surface area contributed by atoms with Crippen LogP contribution in [-0.2, 0) is 24.4 Å².